The van der Waals surface area contributed by atoms with Gasteiger partial charge in [0.2, 0.25) is 0 Å². The number of nitrogens with one attached hydrogen (secondary N) is 1. The maximum atomic E-state index is 11.8. The molecule has 0 aliphatic carbocycles. The van der Waals surface area contributed by atoms with Crippen LogP contribution in [0, 0.1) is 0 Å². The molecular formula is C17H17NO. The highest BCUT2D eigenvalue weighted by atomic mass is 16.1. The fraction of sp³-hybridized carbons (Fsp3) is 0.118. The van der Waals surface area contributed by atoms with E-state index >= 15 is 0 Å². The Morgan fingerprint density at radius 1 is 0.947 bits per heavy atom. The third-order valence-electron chi connectivity index (χ3n) is 2.94. The molecule has 0 aromatic heterocycles. The molecule has 0 saturated carbocycles. The predicted octanol–water partition coefficient (Wildman–Crippen LogP) is 3.52. The smallest absolute Gasteiger partial charge is 0.251 e. The topological polar surface area (TPSA) is 29.1 Å². The zero-order valence-electron chi connectivity index (χ0n) is 11.0. The molecule has 0 aliphatic rings. The highest BCUT2D eigenvalue weighted by molar-refractivity contribution is 5.94. The van der Waals surface area contributed by atoms with Crippen molar-refractivity contribution in [2.45, 2.75) is 6.92 Å². The average Bonchev–Trinajstić information content (AvgIpc) is 2.49. The van der Waals surface area contributed by atoms with Crippen LogP contribution >= 0.6 is 0 Å². The monoisotopic (exact) mass is 251 g/mol. The lowest BCUT2D eigenvalue weighted by Crippen LogP contribution is -2.23. The molecule has 0 fully saturated rings. The summed E-state index contributed by atoms with van der Waals surface area (Å²) in [7, 11) is 0. The van der Waals surface area contributed by atoms with Crippen LogP contribution in [0.25, 0.3) is 5.57 Å². The minimum absolute atomic E-state index is 0.0438. The van der Waals surface area contributed by atoms with Gasteiger partial charge in [0.25, 0.3) is 5.91 Å². The molecule has 0 saturated heterocycles. The van der Waals surface area contributed by atoms with Crippen LogP contribution in [0.15, 0.2) is 66.7 Å². The highest BCUT2D eigenvalue weighted by Crippen LogP contribution is 2.11. The van der Waals surface area contributed by atoms with E-state index in [0.29, 0.717) is 12.1 Å². The number of hydrogen-bond donors (Lipinski definition) is 1. The number of rotatable bonds is 4. The van der Waals surface area contributed by atoms with Crippen molar-refractivity contribution in [3.63, 3.8) is 0 Å². The Bertz CT molecular complexity index is 558. The molecule has 0 bridgehead atoms. The van der Waals surface area contributed by atoms with Crippen molar-refractivity contribution in [2.24, 2.45) is 0 Å². The summed E-state index contributed by atoms with van der Waals surface area (Å²) in [5, 5.41) is 2.88. The molecule has 2 aromatic carbocycles. The standard InChI is InChI=1S/C17H17NO/c1-14(15-8-4-2-5-9-15)12-13-18-17(19)16-10-6-3-7-11-16/h2-12H,13H2,1H3,(H,18,19)/b14-12-. The van der Waals surface area contributed by atoms with Crippen molar-refractivity contribution < 1.29 is 4.79 Å². The van der Waals surface area contributed by atoms with E-state index in [9.17, 15) is 4.79 Å². The van der Waals surface area contributed by atoms with Gasteiger partial charge in [0.1, 0.15) is 0 Å². The molecule has 0 heterocycles. The van der Waals surface area contributed by atoms with Gasteiger partial charge in [-0.15, -0.1) is 0 Å². The van der Waals surface area contributed by atoms with Gasteiger partial charge in [-0.05, 0) is 30.2 Å². The van der Waals surface area contributed by atoms with Crippen molar-refractivity contribution in [2.75, 3.05) is 6.54 Å². The van der Waals surface area contributed by atoms with Crippen molar-refractivity contribution in [3.05, 3.63) is 77.9 Å². The van der Waals surface area contributed by atoms with E-state index in [1.807, 2.05) is 61.5 Å². The zero-order chi connectivity index (χ0) is 13.5. The predicted molar refractivity (Wildman–Crippen MR) is 78.9 cm³/mol. The van der Waals surface area contributed by atoms with Crippen LogP contribution in [-0.2, 0) is 0 Å². The number of carbonyl (C=O) groups is 1. The third-order valence-corrected chi connectivity index (χ3v) is 2.94. The van der Waals surface area contributed by atoms with E-state index in [-0.39, 0.29) is 5.91 Å². The molecular weight excluding hydrogens is 234 g/mol. The SMILES string of the molecule is C/C(=C/CNC(=O)c1ccccc1)c1ccccc1. The highest BCUT2D eigenvalue weighted by Gasteiger charge is 2.02. The van der Waals surface area contributed by atoms with Gasteiger partial charge in [-0.3, -0.25) is 4.79 Å². The van der Waals surface area contributed by atoms with Crippen molar-refractivity contribution in [3.8, 4) is 0 Å². The summed E-state index contributed by atoms with van der Waals surface area (Å²) in [6.45, 7) is 2.58. The van der Waals surface area contributed by atoms with E-state index in [1.165, 1.54) is 5.56 Å². The molecule has 2 rings (SSSR count). The lowest BCUT2D eigenvalue weighted by atomic mass is 10.1. The molecule has 1 amide bonds. The van der Waals surface area contributed by atoms with Gasteiger partial charge in [0.05, 0.1) is 0 Å². The maximum Gasteiger partial charge on any atom is 0.251 e. The summed E-state index contributed by atoms with van der Waals surface area (Å²) in [6.07, 6.45) is 2.02. The largest absolute Gasteiger partial charge is 0.349 e. The molecule has 2 nitrogen and oxygen atoms in total. The van der Waals surface area contributed by atoms with E-state index in [0.717, 1.165) is 5.57 Å². The van der Waals surface area contributed by atoms with Gasteiger partial charge in [-0.25, -0.2) is 0 Å². The molecule has 0 unspecified atom stereocenters. The molecule has 0 radical (unpaired) electrons. The lowest BCUT2D eigenvalue weighted by molar-refractivity contribution is 0.0958. The Morgan fingerprint density at radius 2 is 1.47 bits per heavy atom. The molecule has 1 N–H and O–H groups in total. The lowest BCUT2D eigenvalue weighted by Gasteiger charge is -2.04. The van der Waals surface area contributed by atoms with Crippen molar-refractivity contribution in [1.29, 1.82) is 0 Å². The van der Waals surface area contributed by atoms with Crippen LogP contribution < -0.4 is 5.32 Å². The fourth-order valence-corrected chi connectivity index (χ4v) is 1.81. The van der Waals surface area contributed by atoms with Crippen LogP contribution in [0.4, 0.5) is 0 Å². The summed E-state index contributed by atoms with van der Waals surface area (Å²) in [5.41, 5.74) is 3.03. The van der Waals surface area contributed by atoms with E-state index in [4.69, 9.17) is 0 Å². The van der Waals surface area contributed by atoms with Gasteiger partial charge in [-0.2, -0.15) is 0 Å². The molecule has 2 aromatic rings. The molecule has 0 spiro atoms. The first kappa shape index (κ1) is 13.1. The summed E-state index contributed by atoms with van der Waals surface area (Å²) in [6, 6.07) is 19.4. The number of amides is 1. The van der Waals surface area contributed by atoms with Crippen LogP contribution in [0.2, 0.25) is 0 Å². The van der Waals surface area contributed by atoms with Crippen molar-refractivity contribution >= 4 is 11.5 Å². The summed E-state index contributed by atoms with van der Waals surface area (Å²) >= 11 is 0. The van der Waals surface area contributed by atoms with E-state index < -0.39 is 0 Å². The molecule has 0 aliphatic heterocycles. The van der Waals surface area contributed by atoms with Gasteiger partial charge in [0, 0.05) is 12.1 Å². The third kappa shape index (κ3) is 3.81. The summed E-state index contributed by atoms with van der Waals surface area (Å²) in [4.78, 5) is 11.8. The summed E-state index contributed by atoms with van der Waals surface area (Å²) < 4.78 is 0. The Hall–Kier alpha value is -2.35. The number of allylic oxidation sites excluding steroid dienone is 1. The quantitative estimate of drug-likeness (QED) is 0.885. The summed E-state index contributed by atoms with van der Waals surface area (Å²) in [5.74, 6) is -0.0438. The normalized spacial score (nSPS) is 11.1. The minimum atomic E-state index is -0.0438. The minimum Gasteiger partial charge on any atom is -0.349 e. The first-order chi connectivity index (χ1) is 9.27. The van der Waals surface area contributed by atoms with Crippen LogP contribution in [0.3, 0.4) is 0 Å². The second-order valence-corrected chi connectivity index (χ2v) is 4.33. The Balaban J connectivity index is 1.92. The molecule has 96 valence electrons. The molecule has 2 heteroatoms. The van der Waals surface area contributed by atoms with E-state index in [1.54, 1.807) is 0 Å². The van der Waals surface area contributed by atoms with Gasteiger partial charge < -0.3 is 5.32 Å². The Morgan fingerprint density at radius 3 is 2.05 bits per heavy atom. The average molecular weight is 251 g/mol. The number of carbonyl (C=O) groups excluding carboxylic acids is 1. The molecule has 19 heavy (non-hydrogen) atoms. The first-order valence-electron chi connectivity index (χ1n) is 6.33. The maximum absolute atomic E-state index is 11.8. The van der Waals surface area contributed by atoms with Gasteiger partial charge in [-0.1, -0.05) is 54.6 Å². The van der Waals surface area contributed by atoms with Crippen LogP contribution in [0.5, 0.6) is 0 Å². The fourth-order valence-electron chi connectivity index (χ4n) is 1.81. The molecule has 0 atom stereocenters. The van der Waals surface area contributed by atoms with Crippen molar-refractivity contribution in [1.82, 2.24) is 5.32 Å². The van der Waals surface area contributed by atoms with E-state index in [2.05, 4.69) is 17.4 Å². The second kappa shape index (κ2) is 6.55. The first-order valence-corrected chi connectivity index (χ1v) is 6.33. The number of benzene rings is 2. The van der Waals surface area contributed by atoms with Gasteiger partial charge >= 0.3 is 0 Å². The van der Waals surface area contributed by atoms with Crippen LogP contribution in [-0.4, -0.2) is 12.5 Å². The van der Waals surface area contributed by atoms with Crippen LogP contribution in [0.1, 0.15) is 22.8 Å². The zero-order valence-corrected chi connectivity index (χ0v) is 11.0. The second-order valence-electron chi connectivity index (χ2n) is 4.33. The number of hydrogen-bond acceptors (Lipinski definition) is 1. The van der Waals surface area contributed by atoms with Gasteiger partial charge in [0.15, 0.2) is 0 Å². The Kier molecular flexibility index (Phi) is 4.51. The Labute approximate surface area is 113 Å².